The Morgan fingerprint density at radius 1 is 0.571 bits per heavy atom. The number of hydrogen-bond donors (Lipinski definition) is 2. The van der Waals surface area contributed by atoms with E-state index < -0.39 is 0 Å². The highest BCUT2D eigenvalue weighted by atomic mass is 15.0. The molecule has 0 fully saturated rings. The molecule has 0 atom stereocenters. The van der Waals surface area contributed by atoms with Gasteiger partial charge in [-0.2, -0.15) is 0 Å². The van der Waals surface area contributed by atoms with Gasteiger partial charge in [0, 0.05) is 11.4 Å². The van der Waals surface area contributed by atoms with E-state index in [1.807, 2.05) is 30.3 Å². The lowest BCUT2D eigenvalue weighted by Crippen LogP contribution is -1.97. The molecule has 3 aromatic carbocycles. The molecule has 0 radical (unpaired) electrons. The van der Waals surface area contributed by atoms with Crippen LogP contribution in [0.1, 0.15) is 5.56 Å². The summed E-state index contributed by atoms with van der Waals surface area (Å²) < 4.78 is 0. The summed E-state index contributed by atoms with van der Waals surface area (Å²) in [5.41, 5.74) is 5.54. The molecule has 0 saturated heterocycles. The van der Waals surface area contributed by atoms with Crippen molar-refractivity contribution in [2.45, 2.75) is 6.92 Å². The summed E-state index contributed by atoms with van der Waals surface area (Å²) >= 11 is 0. The van der Waals surface area contributed by atoms with Crippen molar-refractivity contribution in [3.63, 3.8) is 0 Å². The Hall–Kier alpha value is -2.74. The molecule has 0 spiro atoms. The first-order chi connectivity index (χ1) is 10.3. The summed E-state index contributed by atoms with van der Waals surface area (Å²) in [6.45, 7) is 2.10. The number of aryl methyl sites for hydroxylation is 1. The number of benzene rings is 3. The van der Waals surface area contributed by atoms with E-state index >= 15 is 0 Å². The van der Waals surface area contributed by atoms with Crippen LogP contribution in [0.25, 0.3) is 0 Å². The molecule has 2 nitrogen and oxygen atoms in total. The summed E-state index contributed by atoms with van der Waals surface area (Å²) in [6.07, 6.45) is 0. The van der Waals surface area contributed by atoms with E-state index in [0.717, 1.165) is 22.7 Å². The average Bonchev–Trinajstić information content (AvgIpc) is 2.50. The molecule has 3 aromatic rings. The summed E-state index contributed by atoms with van der Waals surface area (Å²) in [5.74, 6) is 0. The molecule has 0 heterocycles. The van der Waals surface area contributed by atoms with Crippen LogP contribution < -0.4 is 10.6 Å². The van der Waals surface area contributed by atoms with Gasteiger partial charge in [0.05, 0.1) is 11.4 Å². The van der Waals surface area contributed by atoms with Gasteiger partial charge in [-0.15, -0.1) is 0 Å². The van der Waals surface area contributed by atoms with Crippen molar-refractivity contribution >= 4 is 22.7 Å². The van der Waals surface area contributed by atoms with Gasteiger partial charge in [0.2, 0.25) is 0 Å². The van der Waals surface area contributed by atoms with E-state index in [2.05, 4.69) is 66.1 Å². The molecule has 3 rings (SSSR count). The Kier molecular flexibility index (Phi) is 3.88. The maximum atomic E-state index is 3.47. The predicted octanol–water partition coefficient (Wildman–Crippen LogP) is 5.48. The van der Waals surface area contributed by atoms with E-state index in [1.165, 1.54) is 5.56 Å². The fourth-order valence-electron chi connectivity index (χ4n) is 2.26. The van der Waals surface area contributed by atoms with Crippen molar-refractivity contribution in [2.24, 2.45) is 0 Å². The summed E-state index contributed by atoms with van der Waals surface area (Å²) in [5, 5.41) is 6.92. The maximum Gasteiger partial charge on any atom is 0.0623 e. The Morgan fingerprint density at radius 3 is 1.81 bits per heavy atom. The molecular formula is C19H18N2. The lowest BCUT2D eigenvalue weighted by atomic mass is 10.2. The van der Waals surface area contributed by atoms with Crippen LogP contribution in [-0.2, 0) is 0 Å². The lowest BCUT2D eigenvalue weighted by Gasteiger charge is -2.14. The molecule has 0 bridgehead atoms. The molecular weight excluding hydrogens is 256 g/mol. The first-order valence-corrected chi connectivity index (χ1v) is 7.06. The van der Waals surface area contributed by atoms with Gasteiger partial charge >= 0.3 is 0 Å². The third kappa shape index (κ3) is 3.42. The van der Waals surface area contributed by atoms with Crippen LogP contribution in [0.15, 0.2) is 78.9 Å². The number of nitrogens with one attached hydrogen (secondary N) is 2. The predicted molar refractivity (Wildman–Crippen MR) is 90.6 cm³/mol. The van der Waals surface area contributed by atoms with Gasteiger partial charge in [-0.05, 0) is 48.9 Å². The van der Waals surface area contributed by atoms with Gasteiger partial charge in [0.15, 0.2) is 0 Å². The summed E-state index contributed by atoms with van der Waals surface area (Å²) in [4.78, 5) is 0. The van der Waals surface area contributed by atoms with Crippen LogP contribution in [0.2, 0.25) is 0 Å². The fraction of sp³-hybridized carbons (Fsp3) is 0.0526. The highest BCUT2D eigenvalue weighted by Gasteiger charge is 2.02. The standard InChI is InChI=1S/C19H18N2/c1-15-8-7-11-17(14-15)21-19-13-6-5-12-18(19)20-16-9-3-2-4-10-16/h2-14,20-21H,1H3. The van der Waals surface area contributed by atoms with Crippen molar-refractivity contribution in [1.82, 2.24) is 0 Å². The van der Waals surface area contributed by atoms with Crippen molar-refractivity contribution in [1.29, 1.82) is 0 Å². The second kappa shape index (κ2) is 6.14. The van der Waals surface area contributed by atoms with E-state index in [1.54, 1.807) is 0 Å². The number of hydrogen-bond acceptors (Lipinski definition) is 2. The Morgan fingerprint density at radius 2 is 1.14 bits per heavy atom. The molecule has 0 saturated carbocycles. The van der Waals surface area contributed by atoms with E-state index in [4.69, 9.17) is 0 Å². The van der Waals surface area contributed by atoms with Crippen molar-refractivity contribution < 1.29 is 0 Å². The van der Waals surface area contributed by atoms with Crippen LogP contribution >= 0.6 is 0 Å². The zero-order valence-electron chi connectivity index (χ0n) is 12.0. The number of para-hydroxylation sites is 3. The molecule has 2 heteroatoms. The minimum atomic E-state index is 1.06. The molecule has 0 aliphatic rings. The average molecular weight is 274 g/mol. The van der Waals surface area contributed by atoms with Gasteiger partial charge in [0.1, 0.15) is 0 Å². The lowest BCUT2D eigenvalue weighted by molar-refractivity contribution is 1.44. The number of rotatable bonds is 4. The monoisotopic (exact) mass is 274 g/mol. The smallest absolute Gasteiger partial charge is 0.0623 e. The molecule has 104 valence electrons. The van der Waals surface area contributed by atoms with Gasteiger partial charge in [0.25, 0.3) is 0 Å². The second-order valence-corrected chi connectivity index (χ2v) is 5.03. The highest BCUT2D eigenvalue weighted by Crippen LogP contribution is 2.28. The molecule has 0 unspecified atom stereocenters. The van der Waals surface area contributed by atoms with Crippen LogP contribution in [0, 0.1) is 6.92 Å². The van der Waals surface area contributed by atoms with Gasteiger partial charge in [-0.3, -0.25) is 0 Å². The Bertz CT molecular complexity index is 720. The largest absolute Gasteiger partial charge is 0.354 e. The minimum Gasteiger partial charge on any atom is -0.354 e. The van der Waals surface area contributed by atoms with Crippen LogP contribution in [0.5, 0.6) is 0 Å². The van der Waals surface area contributed by atoms with Gasteiger partial charge < -0.3 is 10.6 Å². The quantitative estimate of drug-likeness (QED) is 0.658. The van der Waals surface area contributed by atoms with Gasteiger partial charge in [-0.1, -0.05) is 42.5 Å². The van der Waals surface area contributed by atoms with Crippen molar-refractivity contribution in [2.75, 3.05) is 10.6 Å². The second-order valence-electron chi connectivity index (χ2n) is 5.03. The van der Waals surface area contributed by atoms with Crippen LogP contribution in [0.4, 0.5) is 22.7 Å². The van der Waals surface area contributed by atoms with Gasteiger partial charge in [-0.25, -0.2) is 0 Å². The topological polar surface area (TPSA) is 24.1 Å². The SMILES string of the molecule is Cc1cccc(Nc2ccccc2Nc2ccccc2)c1. The van der Waals surface area contributed by atoms with Crippen LogP contribution in [0.3, 0.4) is 0 Å². The normalized spacial score (nSPS) is 10.1. The Balaban J connectivity index is 1.86. The molecule has 2 N–H and O–H groups in total. The summed E-state index contributed by atoms with van der Waals surface area (Å²) in [6, 6.07) is 26.8. The first kappa shape index (κ1) is 13.3. The molecule has 0 aromatic heterocycles. The van der Waals surface area contributed by atoms with E-state index in [-0.39, 0.29) is 0 Å². The van der Waals surface area contributed by atoms with E-state index in [9.17, 15) is 0 Å². The Labute approximate surface area is 125 Å². The van der Waals surface area contributed by atoms with Crippen molar-refractivity contribution in [3.8, 4) is 0 Å². The third-order valence-electron chi connectivity index (χ3n) is 3.28. The van der Waals surface area contributed by atoms with Crippen molar-refractivity contribution in [3.05, 3.63) is 84.4 Å². The molecule has 0 aliphatic carbocycles. The third-order valence-corrected chi connectivity index (χ3v) is 3.28. The zero-order chi connectivity index (χ0) is 14.5. The first-order valence-electron chi connectivity index (χ1n) is 7.06. The fourth-order valence-corrected chi connectivity index (χ4v) is 2.26. The zero-order valence-corrected chi connectivity index (χ0v) is 12.0. The minimum absolute atomic E-state index is 1.06. The van der Waals surface area contributed by atoms with E-state index in [0.29, 0.717) is 0 Å². The highest BCUT2D eigenvalue weighted by molar-refractivity contribution is 5.78. The molecule has 21 heavy (non-hydrogen) atoms. The maximum absolute atomic E-state index is 3.47. The molecule has 0 amide bonds. The molecule has 0 aliphatic heterocycles. The van der Waals surface area contributed by atoms with Crippen LogP contribution in [-0.4, -0.2) is 0 Å². The summed E-state index contributed by atoms with van der Waals surface area (Å²) in [7, 11) is 0. The number of anilines is 4.